The van der Waals surface area contributed by atoms with Gasteiger partial charge in [0.1, 0.15) is 0 Å². The van der Waals surface area contributed by atoms with E-state index in [0.29, 0.717) is 12.0 Å². The van der Waals surface area contributed by atoms with E-state index in [-0.39, 0.29) is 17.5 Å². The van der Waals surface area contributed by atoms with E-state index in [0.717, 1.165) is 56.2 Å². The van der Waals surface area contributed by atoms with Crippen molar-refractivity contribution in [3.8, 4) is 5.75 Å². The molecule has 31 heavy (non-hydrogen) atoms. The molecule has 0 atom stereocenters. The Balaban J connectivity index is 2.27. The van der Waals surface area contributed by atoms with Crippen molar-refractivity contribution in [1.82, 2.24) is 14.8 Å². The van der Waals surface area contributed by atoms with E-state index in [1.54, 1.807) is 6.20 Å². The maximum Gasteiger partial charge on any atom is 0.387 e. The van der Waals surface area contributed by atoms with Gasteiger partial charge >= 0.3 is 6.61 Å². The molecule has 1 aromatic rings. The summed E-state index contributed by atoms with van der Waals surface area (Å²) in [5.74, 6) is 0.00173. The monoisotopic (exact) mass is 436 g/mol. The van der Waals surface area contributed by atoms with E-state index in [1.807, 2.05) is 18.0 Å². The van der Waals surface area contributed by atoms with E-state index >= 15 is 0 Å². The summed E-state index contributed by atoms with van der Waals surface area (Å²) in [5, 5.41) is 0. The summed E-state index contributed by atoms with van der Waals surface area (Å²) in [6.45, 7) is 15.9. The third-order valence-corrected chi connectivity index (χ3v) is 5.27. The standard InChI is InChI=1S/C23H34F2N4O2/c1-6-19(20-13-21(31-23(24)25)22(26)27-14-20)15-29(18(5)16(2)3)17(4)7-8-28-9-11-30-12-10-28/h13-16,23H,4-12H2,1-3H3,(H2,26,27)/b19-15+. The second kappa shape index (κ2) is 11.8. The lowest BCUT2D eigenvalue weighted by Crippen LogP contribution is -2.37. The van der Waals surface area contributed by atoms with Crippen molar-refractivity contribution in [2.45, 2.75) is 40.2 Å². The molecular weight excluding hydrogens is 402 g/mol. The smallest absolute Gasteiger partial charge is 0.387 e. The van der Waals surface area contributed by atoms with Gasteiger partial charge in [0, 0.05) is 55.4 Å². The van der Waals surface area contributed by atoms with Gasteiger partial charge in [0.2, 0.25) is 0 Å². The first-order valence-electron chi connectivity index (χ1n) is 10.6. The van der Waals surface area contributed by atoms with E-state index in [2.05, 4.69) is 41.6 Å². The molecule has 0 aliphatic carbocycles. The second-order valence-corrected chi connectivity index (χ2v) is 7.78. The summed E-state index contributed by atoms with van der Waals surface area (Å²) in [7, 11) is 0. The number of alkyl halides is 2. The van der Waals surface area contributed by atoms with Crippen molar-refractivity contribution >= 4 is 11.4 Å². The van der Waals surface area contributed by atoms with Gasteiger partial charge in [-0.15, -0.1) is 0 Å². The highest BCUT2D eigenvalue weighted by atomic mass is 19.3. The number of ether oxygens (including phenoxy) is 2. The average molecular weight is 437 g/mol. The van der Waals surface area contributed by atoms with Gasteiger partial charge in [-0.25, -0.2) is 4.98 Å². The number of hydrogen-bond acceptors (Lipinski definition) is 6. The van der Waals surface area contributed by atoms with Crippen LogP contribution in [0.15, 0.2) is 43.0 Å². The van der Waals surface area contributed by atoms with Gasteiger partial charge in [-0.3, -0.25) is 4.90 Å². The molecule has 1 saturated heterocycles. The molecule has 2 N–H and O–H groups in total. The molecule has 2 rings (SSSR count). The van der Waals surface area contributed by atoms with Crippen LogP contribution in [0.25, 0.3) is 5.57 Å². The van der Waals surface area contributed by atoms with Crippen LogP contribution in [0.3, 0.4) is 0 Å². The summed E-state index contributed by atoms with van der Waals surface area (Å²) < 4.78 is 35.3. The van der Waals surface area contributed by atoms with Crippen LogP contribution in [0.5, 0.6) is 5.75 Å². The highest BCUT2D eigenvalue weighted by Gasteiger charge is 2.17. The zero-order chi connectivity index (χ0) is 23.0. The van der Waals surface area contributed by atoms with E-state index < -0.39 is 6.61 Å². The summed E-state index contributed by atoms with van der Waals surface area (Å²) in [5.41, 5.74) is 9.07. The minimum atomic E-state index is -2.97. The molecule has 1 aromatic heterocycles. The molecular formula is C23H34F2N4O2. The van der Waals surface area contributed by atoms with Crippen LogP contribution >= 0.6 is 0 Å². The fourth-order valence-electron chi connectivity index (χ4n) is 3.23. The maximum absolute atomic E-state index is 12.7. The minimum absolute atomic E-state index is 0.0714. The fourth-order valence-corrected chi connectivity index (χ4v) is 3.23. The predicted molar refractivity (Wildman–Crippen MR) is 120 cm³/mol. The first-order valence-corrected chi connectivity index (χ1v) is 10.6. The lowest BCUT2D eigenvalue weighted by Gasteiger charge is -2.31. The molecule has 0 unspecified atom stereocenters. The fraction of sp³-hybridized carbons (Fsp3) is 0.522. The number of rotatable bonds is 11. The Labute approximate surface area is 184 Å². The Hall–Kier alpha value is -2.45. The summed E-state index contributed by atoms with van der Waals surface area (Å²) in [4.78, 5) is 8.39. The number of hydrogen-bond donors (Lipinski definition) is 1. The number of halogens is 2. The molecule has 0 bridgehead atoms. The first-order chi connectivity index (χ1) is 14.7. The SMILES string of the molecule is C=C(CCN1CCOCC1)N(/C=C(\CC)c1cnc(N)c(OC(F)F)c1)C(=C)C(C)C. The van der Waals surface area contributed by atoms with Gasteiger partial charge in [0.15, 0.2) is 11.6 Å². The number of aromatic nitrogens is 1. The molecule has 1 aliphatic rings. The Morgan fingerprint density at radius 1 is 1.35 bits per heavy atom. The molecule has 0 radical (unpaired) electrons. The van der Waals surface area contributed by atoms with Crippen LogP contribution in [0, 0.1) is 5.92 Å². The van der Waals surface area contributed by atoms with Crippen LogP contribution in [-0.2, 0) is 4.74 Å². The molecule has 8 heteroatoms. The molecule has 1 fully saturated rings. The average Bonchev–Trinajstić information content (AvgIpc) is 2.74. The number of anilines is 1. The zero-order valence-corrected chi connectivity index (χ0v) is 18.7. The topological polar surface area (TPSA) is 63.9 Å². The predicted octanol–water partition coefficient (Wildman–Crippen LogP) is 4.72. The highest BCUT2D eigenvalue weighted by Crippen LogP contribution is 2.30. The normalized spacial score (nSPS) is 15.4. The molecule has 0 aromatic carbocycles. The van der Waals surface area contributed by atoms with Gasteiger partial charge in [0.25, 0.3) is 0 Å². The van der Waals surface area contributed by atoms with Crippen LogP contribution in [0.4, 0.5) is 14.6 Å². The van der Waals surface area contributed by atoms with Crippen LogP contribution in [0.1, 0.15) is 39.2 Å². The van der Waals surface area contributed by atoms with E-state index in [9.17, 15) is 8.78 Å². The molecule has 172 valence electrons. The largest absolute Gasteiger partial charge is 0.431 e. The van der Waals surface area contributed by atoms with Crippen molar-refractivity contribution in [2.75, 3.05) is 38.6 Å². The van der Waals surface area contributed by atoms with Gasteiger partial charge < -0.3 is 20.1 Å². The molecule has 0 spiro atoms. The molecule has 1 aliphatic heterocycles. The Kier molecular flexibility index (Phi) is 9.45. The molecule has 0 saturated carbocycles. The lowest BCUT2D eigenvalue weighted by atomic mass is 10.0. The van der Waals surface area contributed by atoms with Crippen LogP contribution in [-0.4, -0.2) is 54.2 Å². The highest BCUT2D eigenvalue weighted by molar-refractivity contribution is 5.68. The number of nitrogen functional groups attached to an aromatic ring is 1. The molecule has 0 amide bonds. The quantitative estimate of drug-likeness (QED) is 0.541. The maximum atomic E-state index is 12.7. The third kappa shape index (κ3) is 7.33. The van der Waals surface area contributed by atoms with Gasteiger partial charge in [0.05, 0.1) is 13.2 Å². The lowest BCUT2D eigenvalue weighted by molar-refractivity contribution is -0.0495. The second-order valence-electron chi connectivity index (χ2n) is 7.78. The van der Waals surface area contributed by atoms with Gasteiger partial charge in [-0.05, 0) is 24.0 Å². The molecule has 6 nitrogen and oxygen atoms in total. The molecule has 2 heterocycles. The van der Waals surface area contributed by atoms with Gasteiger partial charge in [-0.2, -0.15) is 8.78 Å². The van der Waals surface area contributed by atoms with E-state index in [1.165, 1.54) is 6.07 Å². The Morgan fingerprint density at radius 2 is 2.03 bits per heavy atom. The number of morpholine rings is 1. The van der Waals surface area contributed by atoms with Crippen LogP contribution in [0.2, 0.25) is 0 Å². The number of allylic oxidation sites excluding steroid dienone is 2. The minimum Gasteiger partial charge on any atom is -0.431 e. The zero-order valence-electron chi connectivity index (χ0n) is 18.7. The van der Waals surface area contributed by atoms with E-state index in [4.69, 9.17) is 10.5 Å². The van der Waals surface area contributed by atoms with Crippen molar-refractivity contribution in [3.05, 3.63) is 48.6 Å². The number of pyridine rings is 1. The number of nitrogens with two attached hydrogens (primary N) is 1. The van der Waals surface area contributed by atoms with Crippen molar-refractivity contribution in [3.63, 3.8) is 0 Å². The first kappa shape index (κ1) is 24.8. The summed E-state index contributed by atoms with van der Waals surface area (Å²) in [6, 6.07) is 1.50. The van der Waals surface area contributed by atoms with Crippen molar-refractivity contribution in [1.29, 1.82) is 0 Å². The summed E-state index contributed by atoms with van der Waals surface area (Å²) in [6.07, 6.45) is 4.95. The Morgan fingerprint density at radius 3 is 2.61 bits per heavy atom. The van der Waals surface area contributed by atoms with Gasteiger partial charge in [-0.1, -0.05) is 33.9 Å². The van der Waals surface area contributed by atoms with Crippen molar-refractivity contribution in [2.24, 2.45) is 5.92 Å². The Bertz CT molecular complexity index is 790. The summed E-state index contributed by atoms with van der Waals surface area (Å²) >= 11 is 0. The third-order valence-electron chi connectivity index (χ3n) is 5.27. The number of nitrogens with zero attached hydrogens (tertiary/aromatic N) is 3. The van der Waals surface area contributed by atoms with Crippen LogP contribution < -0.4 is 10.5 Å². The van der Waals surface area contributed by atoms with Crippen molar-refractivity contribution < 1.29 is 18.3 Å².